The van der Waals surface area contributed by atoms with E-state index in [-0.39, 0.29) is 12.0 Å². The lowest BCUT2D eigenvalue weighted by atomic mass is 10.0. The van der Waals surface area contributed by atoms with Crippen molar-refractivity contribution in [3.8, 4) is 5.69 Å². The van der Waals surface area contributed by atoms with Gasteiger partial charge in [-0.15, -0.1) is 0 Å². The lowest BCUT2D eigenvalue weighted by Crippen LogP contribution is -2.32. The lowest BCUT2D eigenvalue weighted by molar-refractivity contribution is 0.0711. The van der Waals surface area contributed by atoms with E-state index in [0.717, 1.165) is 37.6 Å². The second kappa shape index (κ2) is 7.12. The van der Waals surface area contributed by atoms with Gasteiger partial charge in [-0.25, -0.2) is 14.6 Å². The van der Waals surface area contributed by atoms with E-state index in [1.165, 1.54) is 5.56 Å². The molecule has 0 unspecified atom stereocenters. The van der Waals surface area contributed by atoms with E-state index >= 15 is 0 Å². The van der Waals surface area contributed by atoms with Crippen LogP contribution in [0, 0.1) is 0 Å². The Labute approximate surface area is 145 Å². The summed E-state index contributed by atoms with van der Waals surface area (Å²) >= 11 is 0. The average Bonchev–Trinajstić information content (AvgIpc) is 3.37. The Morgan fingerprint density at radius 2 is 2.24 bits per heavy atom. The topological polar surface area (TPSA) is 84.8 Å². The molecule has 1 fully saturated rings. The summed E-state index contributed by atoms with van der Waals surface area (Å²) in [4.78, 5) is 10.6. The van der Waals surface area contributed by atoms with Gasteiger partial charge in [-0.2, -0.15) is 10.2 Å². The zero-order valence-corrected chi connectivity index (χ0v) is 14.1. The number of hydrogen-bond donors (Lipinski definition) is 1. The number of para-hydroxylation sites is 1. The van der Waals surface area contributed by atoms with Crippen LogP contribution in [0.2, 0.25) is 0 Å². The van der Waals surface area contributed by atoms with Crippen molar-refractivity contribution in [1.29, 1.82) is 0 Å². The standard InChI is InChI=1S/C17H21N7O/c1-23(9-16-14(6-7-25-16)17-19-11-20-22-17)8-13-4-2-3-5-15(13)24-12-18-10-21-24/h2-5,10-12,14,16H,6-9H2,1H3,(H,19,20,22)/t14-,16-/m1/s1. The van der Waals surface area contributed by atoms with Gasteiger partial charge in [0.25, 0.3) is 0 Å². The van der Waals surface area contributed by atoms with Crippen LogP contribution < -0.4 is 0 Å². The van der Waals surface area contributed by atoms with Gasteiger partial charge < -0.3 is 4.74 Å². The number of likely N-dealkylation sites (N-methyl/N-ethyl adjacent to an activating group) is 1. The molecule has 1 N–H and O–H groups in total. The quantitative estimate of drug-likeness (QED) is 0.730. The molecule has 0 aliphatic carbocycles. The summed E-state index contributed by atoms with van der Waals surface area (Å²) in [5.41, 5.74) is 2.25. The van der Waals surface area contributed by atoms with Gasteiger partial charge in [0, 0.05) is 25.6 Å². The summed E-state index contributed by atoms with van der Waals surface area (Å²) in [6, 6.07) is 8.24. The van der Waals surface area contributed by atoms with E-state index < -0.39 is 0 Å². The smallest absolute Gasteiger partial charge is 0.138 e. The third-order valence-corrected chi connectivity index (χ3v) is 4.58. The monoisotopic (exact) mass is 339 g/mol. The number of H-pyrrole nitrogens is 1. The van der Waals surface area contributed by atoms with Crippen LogP contribution >= 0.6 is 0 Å². The number of benzene rings is 1. The molecule has 1 saturated heterocycles. The fourth-order valence-corrected chi connectivity index (χ4v) is 3.40. The molecule has 3 aromatic rings. The average molecular weight is 339 g/mol. The van der Waals surface area contributed by atoms with E-state index in [1.807, 2.05) is 12.1 Å². The predicted octanol–water partition coefficient (Wildman–Crippen LogP) is 1.39. The maximum Gasteiger partial charge on any atom is 0.138 e. The van der Waals surface area contributed by atoms with Crippen LogP contribution in [0.5, 0.6) is 0 Å². The Balaban J connectivity index is 1.45. The molecule has 1 aliphatic rings. The first kappa shape index (κ1) is 15.9. The lowest BCUT2D eigenvalue weighted by Gasteiger charge is -2.24. The molecule has 2 atom stereocenters. The summed E-state index contributed by atoms with van der Waals surface area (Å²) in [6.45, 7) is 2.40. The highest BCUT2D eigenvalue weighted by Crippen LogP contribution is 2.29. The Kier molecular flexibility index (Phi) is 4.53. The molecular formula is C17H21N7O. The highest BCUT2D eigenvalue weighted by atomic mass is 16.5. The number of ether oxygens (including phenoxy) is 1. The molecule has 1 aromatic carbocycles. The van der Waals surface area contributed by atoms with Gasteiger partial charge >= 0.3 is 0 Å². The maximum atomic E-state index is 5.94. The van der Waals surface area contributed by atoms with E-state index in [2.05, 4.69) is 49.3 Å². The van der Waals surface area contributed by atoms with Crippen molar-refractivity contribution in [2.45, 2.75) is 25.0 Å². The highest BCUT2D eigenvalue weighted by molar-refractivity contribution is 5.39. The second-order valence-corrected chi connectivity index (χ2v) is 6.34. The summed E-state index contributed by atoms with van der Waals surface area (Å²) in [5, 5.41) is 11.2. The van der Waals surface area contributed by atoms with Crippen molar-refractivity contribution in [3.63, 3.8) is 0 Å². The number of nitrogens with one attached hydrogen (secondary N) is 1. The summed E-state index contributed by atoms with van der Waals surface area (Å²) in [5.74, 6) is 1.19. The predicted molar refractivity (Wildman–Crippen MR) is 91.2 cm³/mol. The Hall–Kier alpha value is -2.58. The van der Waals surface area contributed by atoms with Gasteiger partial charge in [0.05, 0.1) is 11.8 Å². The van der Waals surface area contributed by atoms with Crippen LogP contribution in [0.3, 0.4) is 0 Å². The van der Waals surface area contributed by atoms with Crippen molar-refractivity contribution in [1.82, 2.24) is 34.8 Å². The molecule has 1 aliphatic heterocycles. The number of rotatable bonds is 6. The first-order chi connectivity index (χ1) is 12.3. The van der Waals surface area contributed by atoms with Crippen molar-refractivity contribution >= 4 is 0 Å². The highest BCUT2D eigenvalue weighted by Gasteiger charge is 2.32. The zero-order valence-electron chi connectivity index (χ0n) is 14.1. The van der Waals surface area contributed by atoms with Crippen LogP contribution in [0.25, 0.3) is 5.69 Å². The summed E-state index contributed by atoms with van der Waals surface area (Å²) < 4.78 is 7.74. The van der Waals surface area contributed by atoms with E-state index in [1.54, 1.807) is 23.7 Å². The molecule has 2 aromatic heterocycles. The fourth-order valence-electron chi connectivity index (χ4n) is 3.40. The van der Waals surface area contributed by atoms with Gasteiger partial charge in [0.15, 0.2) is 0 Å². The Bertz CT molecular complexity index is 787. The first-order valence-electron chi connectivity index (χ1n) is 8.39. The molecule has 0 amide bonds. The van der Waals surface area contributed by atoms with Crippen molar-refractivity contribution in [2.75, 3.05) is 20.2 Å². The van der Waals surface area contributed by atoms with Crippen molar-refractivity contribution in [2.24, 2.45) is 0 Å². The molecule has 3 heterocycles. The van der Waals surface area contributed by atoms with Gasteiger partial charge in [-0.1, -0.05) is 18.2 Å². The molecule has 4 rings (SSSR count). The number of hydrogen-bond acceptors (Lipinski definition) is 6. The van der Waals surface area contributed by atoms with Gasteiger partial charge in [0.2, 0.25) is 0 Å². The summed E-state index contributed by atoms with van der Waals surface area (Å²) in [6.07, 6.45) is 5.93. The van der Waals surface area contributed by atoms with Gasteiger partial charge in [0.1, 0.15) is 24.8 Å². The minimum atomic E-state index is 0.122. The van der Waals surface area contributed by atoms with Crippen LogP contribution in [0.4, 0.5) is 0 Å². The van der Waals surface area contributed by atoms with Crippen LogP contribution in [0.15, 0.2) is 43.2 Å². The number of nitrogens with zero attached hydrogens (tertiary/aromatic N) is 6. The normalized spacial score (nSPS) is 20.4. The van der Waals surface area contributed by atoms with E-state index in [4.69, 9.17) is 4.74 Å². The van der Waals surface area contributed by atoms with Crippen molar-refractivity contribution < 1.29 is 4.74 Å². The number of aromatic amines is 1. The maximum absolute atomic E-state index is 5.94. The van der Waals surface area contributed by atoms with Crippen molar-refractivity contribution in [3.05, 3.63) is 54.6 Å². The van der Waals surface area contributed by atoms with Gasteiger partial charge in [-0.3, -0.25) is 10.00 Å². The molecule has 0 saturated carbocycles. The van der Waals surface area contributed by atoms with E-state index in [9.17, 15) is 0 Å². The Morgan fingerprint density at radius 3 is 3.04 bits per heavy atom. The molecule has 130 valence electrons. The SMILES string of the molecule is CN(Cc1ccccc1-n1cncn1)C[C@H]1OCC[C@H]1c1ncn[nH]1. The van der Waals surface area contributed by atoms with E-state index in [0.29, 0.717) is 0 Å². The third kappa shape index (κ3) is 3.45. The molecular weight excluding hydrogens is 318 g/mol. The molecule has 0 bridgehead atoms. The summed E-state index contributed by atoms with van der Waals surface area (Å²) in [7, 11) is 2.11. The molecule has 25 heavy (non-hydrogen) atoms. The van der Waals surface area contributed by atoms with Crippen LogP contribution in [-0.2, 0) is 11.3 Å². The molecule has 8 nitrogen and oxygen atoms in total. The van der Waals surface area contributed by atoms with Crippen LogP contribution in [-0.4, -0.2) is 61.1 Å². The molecule has 8 heteroatoms. The zero-order chi connectivity index (χ0) is 17.1. The first-order valence-corrected chi connectivity index (χ1v) is 8.39. The minimum absolute atomic E-state index is 0.122. The van der Waals surface area contributed by atoms with Gasteiger partial charge in [-0.05, 0) is 25.1 Å². The third-order valence-electron chi connectivity index (χ3n) is 4.58. The Morgan fingerprint density at radius 1 is 1.32 bits per heavy atom. The molecule has 0 spiro atoms. The van der Waals surface area contributed by atoms with Crippen LogP contribution in [0.1, 0.15) is 23.7 Å². The fraction of sp³-hybridized carbons (Fsp3) is 0.412. The second-order valence-electron chi connectivity index (χ2n) is 6.34. The largest absolute Gasteiger partial charge is 0.376 e. The molecule has 0 radical (unpaired) electrons. The number of aromatic nitrogens is 6. The minimum Gasteiger partial charge on any atom is -0.376 e.